The van der Waals surface area contributed by atoms with Crippen LogP contribution in [0.2, 0.25) is 0 Å². The molecule has 0 saturated carbocycles. The molecule has 38 heavy (non-hydrogen) atoms. The minimum Gasteiger partial charge on any atom is -0.451 e. The van der Waals surface area contributed by atoms with Crippen LogP contribution < -0.4 is 15.5 Å². The van der Waals surface area contributed by atoms with Crippen LogP contribution in [-0.4, -0.2) is 41.6 Å². The van der Waals surface area contributed by atoms with Crippen LogP contribution >= 0.6 is 0 Å². The molecule has 1 atom stereocenters. The molecule has 2 N–H and O–H groups in total. The molecule has 11 heteroatoms. The van der Waals surface area contributed by atoms with Gasteiger partial charge in [0.25, 0.3) is 0 Å². The lowest BCUT2D eigenvalue weighted by Gasteiger charge is -2.36. The fourth-order valence-electron chi connectivity index (χ4n) is 4.73. The maximum Gasteiger partial charge on any atom is 0.434 e. The number of aromatic nitrogens is 2. The van der Waals surface area contributed by atoms with Crippen LogP contribution in [0, 0.1) is 0 Å². The summed E-state index contributed by atoms with van der Waals surface area (Å²) >= 11 is 0. The Hall–Kier alpha value is -4.54. The summed E-state index contributed by atoms with van der Waals surface area (Å²) in [4.78, 5) is 26.9. The summed E-state index contributed by atoms with van der Waals surface area (Å²) in [6.07, 6.45) is -3.04. The Morgan fingerprint density at radius 1 is 1.08 bits per heavy atom. The molecule has 0 bridgehead atoms. The van der Waals surface area contributed by atoms with E-state index in [2.05, 4.69) is 15.7 Å². The Morgan fingerprint density at radius 2 is 1.87 bits per heavy atom. The molecule has 1 unspecified atom stereocenters. The lowest BCUT2D eigenvalue weighted by atomic mass is 9.97. The van der Waals surface area contributed by atoms with Gasteiger partial charge in [-0.25, -0.2) is 9.59 Å². The Balaban J connectivity index is 1.33. The number of fused-ring (bicyclic) bond motifs is 2. The van der Waals surface area contributed by atoms with Crippen molar-refractivity contribution in [2.45, 2.75) is 25.2 Å². The lowest BCUT2D eigenvalue weighted by molar-refractivity contribution is -0.137. The minimum absolute atomic E-state index is 0.257. The van der Waals surface area contributed by atoms with Crippen LogP contribution in [0.3, 0.4) is 0 Å². The molecule has 0 radical (unpaired) electrons. The van der Waals surface area contributed by atoms with Gasteiger partial charge in [-0.05, 0) is 47.9 Å². The van der Waals surface area contributed by atoms with Crippen molar-refractivity contribution in [3.05, 3.63) is 89.6 Å². The maximum absolute atomic E-state index is 13.2. The maximum atomic E-state index is 13.2. The fourth-order valence-corrected chi connectivity index (χ4v) is 4.73. The number of rotatable bonds is 4. The Labute approximate surface area is 216 Å². The normalized spacial score (nSPS) is 15.2. The summed E-state index contributed by atoms with van der Waals surface area (Å²) in [5.41, 5.74) is 2.68. The van der Waals surface area contributed by atoms with Crippen molar-refractivity contribution in [1.82, 2.24) is 15.1 Å². The van der Waals surface area contributed by atoms with E-state index in [0.29, 0.717) is 35.1 Å². The number of alkyl halides is 3. The molecule has 0 fully saturated rings. The smallest absolute Gasteiger partial charge is 0.434 e. The molecule has 4 aromatic rings. The van der Waals surface area contributed by atoms with Crippen molar-refractivity contribution >= 4 is 34.4 Å². The van der Waals surface area contributed by atoms with Crippen molar-refractivity contribution in [2.75, 3.05) is 23.9 Å². The number of nitrogens with zero attached hydrogens (tertiary/aromatic N) is 3. The van der Waals surface area contributed by atoms with E-state index in [-0.39, 0.29) is 12.6 Å². The summed E-state index contributed by atoms with van der Waals surface area (Å²) in [7, 11) is 1.25. The molecule has 0 saturated heterocycles. The molecule has 1 aliphatic heterocycles. The number of carbonyl (C=O) groups excluding carboxylic acids is 2. The van der Waals surface area contributed by atoms with Crippen LogP contribution in [0.4, 0.5) is 34.1 Å². The number of nitrogens with one attached hydrogen (secondary N) is 2. The van der Waals surface area contributed by atoms with Gasteiger partial charge in [0.15, 0.2) is 0 Å². The minimum atomic E-state index is -4.42. The average Bonchev–Trinajstić information content (AvgIpc) is 3.33. The van der Waals surface area contributed by atoms with E-state index >= 15 is 0 Å². The highest BCUT2D eigenvalue weighted by Crippen LogP contribution is 2.32. The number of hydrogen-bond donors (Lipinski definition) is 2. The Morgan fingerprint density at radius 3 is 2.66 bits per heavy atom. The summed E-state index contributed by atoms with van der Waals surface area (Å²) in [5.74, 6) is 0. The Kier molecular flexibility index (Phi) is 6.66. The molecule has 2 amide bonds. The van der Waals surface area contributed by atoms with Gasteiger partial charge in [-0.3, -0.25) is 0 Å². The number of hydrogen-bond acceptors (Lipinski definition) is 5. The van der Waals surface area contributed by atoms with Crippen LogP contribution in [0.5, 0.6) is 0 Å². The second kappa shape index (κ2) is 10.1. The highest BCUT2D eigenvalue weighted by atomic mass is 19.4. The van der Waals surface area contributed by atoms with E-state index in [1.165, 1.54) is 19.4 Å². The van der Waals surface area contributed by atoms with E-state index in [1.54, 1.807) is 24.3 Å². The summed E-state index contributed by atoms with van der Waals surface area (Å²) in [5, 5.41) is 10.4. The zero-order valence-corrected chi connectivity index (χ0v) is 20.3. The van der Waals surface area contributed by atoms with E-state index < -0.39 is 23.9 Å². The topological polar surface area (TPSA) is 88.5 Å². The number of halogens is 3. The van der Waals surface area contributed by atoms with Crippen LogP contribution in [0.15, 0.2) is 72.9 Å². The van der Waals surface area contributed by atoms with Gasteiger partial charge in [0.2, 0.25) is 0 Å². The molecule has 3 aromatic carbocycles. The van der Waals surface area contributed by atoms with Gasteiger partial charge in [-0.1, -0.05) is 36.4 Å². The zero-order chi connectivity index (χ0) is 26.9. The third-order valence-electron chi connectivity index (χ3n) is 6.41. The first kappa shape index (κ1) is 25.1. The summed E-state index contributed by atoms with van der Waals surface area (Å²) < 4.78 is 45.5. The predicted octanol–water partition coefficient (Wildman–Crippen LogP) is 5.42. The highest BCUT2D eigenvalue weighted by Gasteiger charge is 2.31. The monoisotopic (exact) mass is 523 g/mol. The zero-order valence-electron chi connectivity index (χ0n) is 20.3. The standard InChI is InChI=1S/C27H24F3N5O3/c1-38-26(37)35-24-11-5-9-22(21(24)14-31-35)33-25(36)32-20-13-18-7-2-3-10-23(18)34(16-20)15-17-6-4-8-19(12-17)27(28,29)30/h2-12,14,20H,13,15-16H2,1H3,(H2,32,33,36). The van der Waals surface area contributed by atoms with Gasteiger partial charge in [0, 0.05) is 24.2 Å². The van der Waals surface area contributed by atoms with Crippen molar-refractivity contribution < 1.29 is 27.5 Å². The SMILES string of the molecule is COC(=O)n1ncc2c(NC(=O)NC3Cc4ccccc4N(Cc4cccc(C(F)(F)F)c4)C3)cccc21. The fraction of sp³-hybridized carbons (Fsp3) is 0.222. The van der Waals surface area contributed by atoms with Gasteiger partial charge < -0.3 is 20.3 Å². The number of ether oxygens (including phenoxy) is 1. The van der Waals surface area contributed by atoms with Crippen LogP contribution in [0.1, 0.15) is 16.7 Å². The van der Waals surface area contributed by atoms with Gasteiger partial charge in [0.05, 0.1) is 36.1 Å². The van der Waals surface area contributed by atoms with Gasteiger partial charge in [0.1, 0.15) is 0 Å². The van der Waals surface area contributed by atoms with E-state index in [9.17, 15) is 22.8 Å². The van der Waals surface area contributed by atoms with Gasteiger partial charge >= 0.3 is 18.3 Å². The molecule has 0 aliphatic carbocycles. The number of benzene rings is 3. The van der Waals surface area contributed by atoms with E-state index in [0.717, 1.165) is 28.1 Å². The third-order valence-corrected chi connectivity index (χ3v) is 6.41. The first-order chi connectivity index (χ1) is 18.2. The molecule has 1 aromatic heterocycles. The number of methoxy groups -OCH3 is 1. The van der Waals surface area contributed by atoms with Crippen molar-refractivity contribution in [3.8, 4) is 0 Å². The molecule has 1 aliphatic rings. The van der Waals surface area contributed by atoms with E-state index in [4.69, 9.17) is 4.74 Å². The second-order valence-electron chi connectivity index (χ2n) is 8.97. The molecule has 196 valence electrons. The number of para-hydroxylation sites is 1. The van der Waals surface area contributed by atoms with Crippen LogP contribution in [0.25, 0.3) is 10.9 Å². The molecule has 5 rings (SSSR count). The largest absolute Gasteiger partial charge is 0.451 e. The molecular formula is C27H24F3N5O3. The number of amides is 2. The third kappa shape index (κ3) is 5.13. The van der Waals surface area contributed by atoms with E-state index in [1.807, 2.05) is 29.2 Å². The van der Waals surface area contributed by atoms with Crippen molar-refractivity contribution in [3.63, 3.8) is 0 Å². The first-order valence-electron chi connectivity index (χ1n) is 11.8. The molecule has 0 spiro atoms. The predicted molar refractivity (Wildman–Crippen MR) is 136 cm³/mol. The van der Waals surface area contributed by atoms with Gasteiger partial charge in [-0.2, -0.15) is 23.0 Å². The van der Waals surface area contributed by atoms with Crippen LogP contribution in [-0.2, 0) is 23.9 Å². The first-order valence-corrected chi connectivity index (χ1v) is 11.8. The summed E-state index contributed by atoms with van der Waals surface area (Å²) in [6, 6.07) is 17.2. The quantitative estimate of drug-likeness (QED) is 0.373. The highest BCUT2D eigenvalue weighted by molar-refractivity contribution is 6.02. The number of carbonyl (C=O) groups is 2. The van der Waals surface area contributed by atoms with Crippen molar-refractivity contribution in [2.24, 2.45) is 0 Å². The van der Waals surface area contributed by atoms with Crippen molar-refractivity contribution in [1.29, 1.82) is 0 Å². The number of anilines is 2. The second-order valence-corrected chi connectivity index (χ2v) is 8.97. The lowest BCUT2D eigenvalue weighted by Crippen LogP contribution is -2.49. The molecular weight excluding hydrogens is 499 g/mol. The van der Waals surface area contributed by atoms with Gasteiger partial charge in [-0.15, -0.1) is 0 Å². The molecule has 2 heterocycles. The average molecular weight is 524 g/mol. The summed E-state index contributed by atoms with van der Waals surface area (Å²) in [6.45, 7) is 0.665. The Bertz CT molecular complexity index is 1500. The number of urea groups is 1. The molecule has 8 nitrogen and oxygen atoms in total.